The zero-order valence-corrected chi connectivity index (χ0v) is 24.8. The third kappa shape index (κ3) is 7.55. The van der Waals surface area contributed by atoms with Crippen molar-refractivity contribution in [1.29, 1.82) is 0 Å². The summed E-state index contributed by atoms with van der Waals surface area (Å²) in [5, 5.41) is 2.45. The Morgan fingerprint density at radius 3 is 1.68 bits per heavy atom. The molecular formula is C37H44O2P. The molecule has 209 valence electrons. The highest BCUT2D eigenvalue weighted by atomic mass is 31.1. The fraction of sp³-hybridized carbons (Fsp3) is 0.405. The lowest BCUT2D eigenvalue weighted by molar-refractivity contribution is -0.143. The molecule has 3 aliphatic rings. The highest BCUT2D eigenvalue weighted by molar-refractivity contribution is 7.76. The summed E-state index contributed by atoms with van der Waals surface area (Å²) in [7, 11) is -0.891. The normalized spacial score (nSPS) is 19.8. The van der Waals surface area contributed by atoms with Crippen molar-refractivity contribution < 1.29 is 9.53 Å². The maximum absolute atomic E-state index is 14.0. The van der Waals surface area contributed by atoms with E-state index in [0.29, 0.717) is 17.8 Å². The molecule has 3 fully saturated rings. The molecule has 5 rings (SSSR count). The Bertz CT molecular complexity index is 1030. The van der Waals surface area contributed by atoms with E-state index in [9.17, 15) is 4.79 Å². The third-order valence-corrected chi connectivity index (χ3v) is 11.3. The molecule has 2 aromatic rings. The maximum atomic E-state index is 14.0. The Labute approximate surface area is 244 Å². The van der Waals surface area contributed by atoms with Gasteiger partial charge in [-0.1, -0.05) is 138 Å². The van der Waals surface area contributed by atoms with Crippen molar-refractivity contribution in [3.05, 3.63) is 116 Å². The Hall–Kier alpha value is -2.18. The Balaban J connectivity index is 1.35. The van der Waals surface area contributed by atoms with E-state index in [0.717, 1.165) is 29.6 Å². The Morgan fingerprint density at radius 1 is 0.725 bits per heavy atom. The summed E-state index contributed by atoms with van der Waals surface area (Å²) >= 11 is 0. The molecule has 0 saturated heterocycles. The first-order valence-electron chi connectivity index (χ1n) is 15.3. The van der Waals surface area contributed by atoms with Crippen LogP contribution in [0, 0.1) is 42.7 Å². The van der Waals surface area contributed by atoms with E-state index in [4.69, 9.17) is 4.74 Å². The minimum absolute atomic E-state index is 0.251. The van der Waals surface area contributed by atoms with Gasteiger partial charge in [-0.15, -0.1) is 0 Å². The van der Waals surface area contributed by atoms with E-state index in [1.807, 2.05) is 25.0 Å². The molecule has 2 aromatic carbocycles. The summed E-state index contributed by atoms with van der Waals surface area (Å²) in [4.78, 5) is 14.0. The lowest BCUT2D eigenvalue weighted by Gasteiger charge is -2.32. The highest BCUT2D eigenvalue weighted by Gasteiger charge is 2.43. The lowest BCUT2D eigenvalue weighted by atomic mass is 9.80. The fourth-order valence-corrected chi connectivity index (χ4v) is 9.16. The van der Waals surface area contributed by atoms with Crippen LogP contribution in [0.3, 0.4) is 0 Å². The molecule has 0 amide bonds. The number of ether oxygens (including phenoxy) is 1. The molecule has 0 aliphatic heterocycles. The van der Waals surface area contributed by atoms with Crippen molar-refractivity contribution in [3.63, 3.8) is 0 Å². The van der Waals surface area contributed by atoms with E-state index >= 15 is 0 Å². The standard InChI is InChI=1S/C37H44O2P/c1-28(26-30-16-7-3-8-17-30)36(29(2)27-31-18-9-4-10-19-31)39-37(38)34-24-15-25-35(34)40(32-20-11-5-12-21-32)33-22-13-6-14-23-33/h5-6,11-15,20-25,30-31,36H,1-4,7-10,16-19,26-27H2. The summed E-state index contributed by atoms with van der Waals surface area (Å²) < 4.78 is 6.44. The zero-order valence-electron chi connectivity index (χ0n) is 23.9. The summed E-state index contributed by atoms with van der Waals surface area (Å²) in [5.41, 5.74) is 3.11. The van der Waals surface area contributed by atoms with Gasteiger partial charge in [0.25, 0.3) is 0 Å². The van der Waals surface area contributed by atoms with Gasteiger partial charge in [0.2, 0.25) is 0 Å². The molecule has 40 heavy (non-hydrogen) atoms. The molecule has 0 aromatic heterocycles. The number of benzene rings is 2. The number of hydrogen-bond acceptors (Lipinski definition) is 2. The summed E-state index contributed by atoms with van der Waals surface area (Å²) in [6.45, 7) is 9.03. The quantitative estimate of drug-likeness (QED) is 0.158. The second kappa shape index (κ2) is 14.6. The SMILES string of the molecule is C=C(CC1CCCCC1)C(OC(=O)[C]1[CH][CH][CH][C]1P(c1ccccc1)c1ccccc1)C(=C)CC1CCCCC1. The molecule has 0 unspecified atom stereocenters. The highest BCUT2D eigenvalue weighted by Crippen LogP contribution is 2.56. The zero-order chi connectivity index (χ0) is 27.7. The molecular weight excluding hydrogens is 507 g/mol. The van der Waals surface area contributed by atoms with Gasteiger partial charge in [0.15, 0.2) is 0 Å². The van der Waals surface area contributed by atoms with E-state index in [1.165, 1.54) is 74.8 Å². The first kappa shape index (κ1) is 29.3. The van der Waals surface area contributed by atoms with Gasteiger partial charge in [-0.2, -0.15) is 0 Å². The monoisotopic (exact) mass is 551 g/mol. The molecule has 0 atom stereocenters. The van der Waals surface area contributed by atoms with Crippen LogP contribution in [0.25, 0.3) is 0 Å². The van der Waals surface area contributed by atoms with Crippen molar-refractivity contribution in [2.24, 2.45) is 11.8 Å². The minimum Gasteiger partial charge on any atom is -0.453 e. The van der Waals surface area contributed by atoms with E-state index < -0.39 is 14.0 Å². The average molecular weight is 552 g/mol. The van der Waals surface area contributed by atoms with Gasteiger partial charge in [0.05, 0.1) is 0 Å². The van der Waals surface area contributed by atoms with Gasteiger partial charge in [-0.3, -0.25) is 4.79 Å². The number of carbonyl (C=O) groups is 1. The second-order valence-electron chi connectivity index (χ2n) is 11.8. The van der Waals surface area contributed by atoms with Gasteiger partial charge in [-0.25, -0.2) is 0 Å². The van der Waals surface area contributed by atoms with Crippen molar-refractivity contribution in [2.75, 3.05) is 0 Å². The van der Waals surface area contributed by atoms with Crippen molar-refractivity contribution in [1.82, 2.24) is 0 Å². The first-order chi connectivity index (χ1) is 19.6. The van der Waals surface area contributed by atoms with Gasteiger partial charge < -0.3 is 4.74 Å². The molecule has 0 heterocycles. The van der Waals surface area contributed by atoms with Crippen LogP contribution in [0.4, 0.5) is 0 Å². The van der Waals surface area contributed by atoms with Gasteiger partial charge in [-0.05, 0) is 73.6 Å². The van der Waals surface area contributed by atoms with E-state index in [1.54, 1.807) is 0 Å². The molecule has 0 bridgehead atoms. The van der Waals surface area contributed by atoms with E-state index in [2.05, 4.69) is 68.1 Å². The molecule has 3 saturated carbocycles. The van der Waals surface area contributed by atoms with Gasteiger partial charge in [0, 0.05) is 5.66 Å². The molecule has 3 heteroatoms. The van der Waals surface area contributed by atoms with Crippen LogP contribution in [-0.4, -0.2) is 12.1 Å². The van der Waals surface area contributed by atoms with Crippen LogP contribution < -0.4 is 10.6 Å². The topological polar surface area (TPSA) is 26.3 Å². The summed E-state index contributed by atoms with van der Waals surface area (Å²) in [6.07, 6.45) is 20.3. The maximum Gasteiger partial charge on any atom is 0.315 e. The third-order valence-electron chi connectivity index (χ3n) is 8.80. The van der Waals surface area contributed by atoms with Crippen LogP contribution in [0.5, 0.6) is 0 Å². The second-order valence-corrected chi connectivity index (χ2v) is 14.0. The number of hydrogen-bond donors (Lipinski definition) is 0. The Morgan fingerprint density at radius 2 is 1.20 bits per heavy atom. The van der Waals surface area contributed by atoms with Crippen LogP contribution in [0.15, 0.2) is 85.0 Å². The molecule has 3 aliphatic carbocycles. The first-order valence-corrected chi connectivity index (χ1v) is 16.7. The predicted octanol–water partition coefficient (Wildman–Crippen LogP) is 8.82. The molecule has 0 spiro atoms. The smallest absolute Gasteiger partial charge is 0.315 e. The van der Waals surface area contributed by atoms with Crippen LogP contribution >= 0.6 is 7.92 Å². The molecule has 0 N–H and O–H groups in total. The van der Waals surface area contributed by atoms with Crippen LogP contribution in [0.1, 0.15) is 77.0 Å². The number of rotatable bonds is 11. The predicted molar refractivity (Wildman–Crippen MR) is 169 cm³/mol. The van der Waals surface area contributed by atoms with Crippen molar-refractivity contribution in [3.8, 4) is 0 Å². The average Bonchev–Trinajstić information content (AvgIpc) is 3.47. The van der Waals surface area contributed by atoms with Crippen LogP contribution in [0.2, 0.25) is 0 Å². The minimum atomic E-state index is -0.891. The summed E-state index contributed by atoms with van der Waals surface area (Å²) in [6, 6.07) is 21.1. The largest absolute Gasteiger partial charge is 0.453 e. The fourth-order valence-electron chi connectivity index (χ4n) is 6.72. The van der Waals surface area contributed by atoms with Gasteiger partial charge >= 0.3 is 5.97 Å². The number of esters is 1. The van der Waals surface area contributed by atoms with E-state index in [-0.39, 0.29) is 5.97 Å². The summed E-state index contributed by atoms with van der Waals surface area (Å²) in [5.74, 6) is 1.70. The van der Waals surface area contributed by atoms with Crippen LogP contribution in [-0.2, 0) is 9.53 Å². The number of carbonyl (C=O) groups excluding carboxylic acids is 1. The molecule has 2 nitrogen and oxygen atoms in total. The molecule has 5 radical (unpaired) electrons. The lowest BCUT2D eigenvalue weighted by Crippen LogP contribution is -2.30. The van der Waals surface area contributed by atoms with Crippen molar-refractivity contribution >= 4 is 24.5 Å². The Kier molecular flexibility index (Phi) is 10.7. The van der Waals surface area contributed by atoms with Crippen molar-refractivity contribution in [2.45, 2.75) is 83.2 Å². The van der Waals surface area contributed by atoms with Gasteiger partial charge in [0.1, 0.15) is 12.0 Å².